The van der Waals surface area contributed by atoms with Gasteiger partial charge < -0.3 is 10.4 Å². The summed E-state index contributed by atoms with van der Waals surface area (Å²) in [6, 6.07) is 12.1. The highest BCUT2D eigenvalue weighted by Gasteiger charge is 2.16. The molecule has 4 heteroatoms. The molecule has 0 bridgehead atoms. The van der Waals surface area contributed by atoms with Gasteiger partial charge in [0.05, 0.1) is 0 Å². The molecular formula is C15H15ClFNO. The van der Waals surface area contributed by atoms with Gasteiger partial charge in [0, 0.05) is 22.8 Å². The lowest BCUT2D eigenvalue weighted by atomic mass is 10.1. The van der Waals surface area contributed by atoms with E-state index in [2.05, 4.69) is 5.32 Å². The molecule has 100 valence electrons. The Morgan fingerprint density at radius 1 is 1.26 bits per heavy atom. The van der Waals surface area contributed by atoms with Crippen LogP contribution in [0.2, 0.25) is 5.02 Å². The normalized spacial score (nSPS) is 12.2. The van der Waals surface area contributed by atoms with E-state index in [4.69, 9.17) is 11.6 Å². The highest BCUT2D eigenvalue weighted by atomic mass is 35.5. The fourth-order valence-corrected chi connectivity index (χ4v) is 2.19. The van der Waals surface area contributed by atoms with Crippen LogP contribution >= 0.6 is 11.6 Å². The number of hydrogen-bond donors (Lipinski definition) is 2. The summed E-state index contributed by atoms with van der Waals surface area (Å²) in [4.78, 5) is 0. The summed E-state index contributed by atoms with van der Waals surface area (Å²) in [6.07, 6.45) is -0.991. The maximum absolute atomic E-state index is 13.6. The number of halogens is 2. The second kappa shape index (κ2) is 6.04. The quantitative estimate of drug-likeness (QED) is 0.889. The molecule has 0 saturated heterocycles. The molecule has 0 amide bonds. The summed E-state index contributed by atoms with van der Waals surface area (Å²) in [7, 11) is 0. The van der Waals surface area contributed by atoms with Crippen molar-refractivity contribution in [3.05, 3.63) is 64.4 Å². The van der Waals surface area contributed by atoms with Gasteiger partial charge in [0.1, 0.15) is 11.9 Å². The number of hydrogen-bond acceptors (Lipinski definition) is 2. The molecule has 0 aliphatic rings. The Balaban J connectivity index is 2.07. The minimum Gasteiger partial charge on any atom is -0.386 e. The highest BCUT2D eigenvalue weighted by molar-refractivity contribution is 6.31. The SMILES string of the molecule is Cc1cccc(NCC(O)c2c(F)cccc2Cl)c1. The molecule has 2 rings (SSSR count). The smallest absolute Gasteiger partial charge is 0.130 e. The topological polar surface area (TPSA) is 32.3 Å². The Morgan fingerprint density at radius 2 is 2.00 bits per heavy atom. The van der Waals surface area contributed by atoms with Crippen LogP contribution in [0.5, 0.6) is 0 Å². The van der Waals surface area contributed by atoms with Crippen molar-refractivity contribution in [2.75, 3.05) is 11.9 Å². The second-order valence-corrected chi connectivity index (χ2v) is 4.81. The summed E-state index contributed by atoms with van der Waals surface area (Å²) in [6.45, 7) is 2.18. The third kappa shape index (κ3) is 3.46. The first-order valence-electron chi connectivity index (χ1n) is 6.00. The van der Waals surface area contributed by atoms with Crippen LogP contribution in [0.1, 0.15) is 17.2 Å². The lowest BCUT2D eigenvalue weighted by Crippen LogP contribution is -2.14. The van der Waals surface area contributed by atoms with E-state index in [0.29, 0.717) is 0 Å². The van der Waals surface area contributed by atoms with Gasteiger partial charge in [-0.1, -0.05) is 29.8 Å². The molecule has 0 fully saturated rings. The van der Waals surface area contributed by atoms with Crippen molar-refractivity contribution in [3.8, 4) is 0 Å². The zero-order chi connectivity index (χ0) is 13.8. The van der Waals surface area contributed by atoms with Gasteiger partial charge in [-0.2, -0.15) is 0 Å². The standard InChI is InChI=1S/C15H15ClFNO/c1-10-4-2-5-11(8-10)18-9-14(19)15-12(16)6-3-7-13(15)17/h2-8,14,18-19H,9H2,1H3. The molecule has 0 aliphatic carbocycles. The summed E-state index contributed by atoms with van der Waals surface area (Å²) in [5, 5.41) is 13.3. The van der Waals surface area contributed by atoms with E-state index in [1.165, 1.54) is 12.1 Å². The molecular weight excluding hydrogens is 265 g/mol. The minimum atomic E-state index is -0.991. The largest absolute Gasteiger partial charge is 0.386 e. The van der Waals surface area contributed by atoms with Crippen molar-refractivity contribution in [3.63, 3.8) is 0 Å². The van der Waals surface area contributed by atoms with E-state index < -0.39 is 11.9 Å². The van der Waals surface area contributed by atoms with Gasteiger partial charge in [-0.15, -0.1) is 0 Å². The average molecular weight is 280 g/mol. The van der Waals surface area contributed by atoms with Crippen LogP contribution in [0.25, 0.3) is 0 Å². The van der Waals surface area contributed by atoms with Crippen LogP contribution in [-0.2, 0) is 0 Å². The van der Waals surface area contributed by atoms with Crippen LogP contribution in [0, 0.1) is 12.7 Å². The van der Waals surface area contributed by atoms with E-state index in [9.17, 15) is 9.50 Å². The molecule has 0 spiro atoms. The Hall–Kier alpha value is -1.58. The molecule has 2 nitrogen and oxygen atoms in total. The molecule has 1 atom stereocenters. The molecule has 0 aromatic heterocycles. The van der Waals surface area contributed by atoms with E-state index >= 15 is 0 Å². The summed E-state index contributed by atoms with van der Waals surface area (Å²) < 4.78 is 13.6. The van der Waals surface area contributed by atoms with Crippen molar-refractivity contribution in [1.29, 1.82) is 0 Å². The lowest BCUT2D eigenvalue weighted by Gasteiger charge is -2.15. The van der Waals surface area contributed by atoms with Gasteiger partial charge in [-0.3, -0.25) is 0 Å². The van der Waals surface area contributed by atoms with Crippen LogP contribution in [0.15, 0.2) is 42.5 Å². The number of aliphatic hydroxyl groups is 1. The van der Waals surface area contributed by atoms with Gasteiger partial charge in [-0.25, -0.2) is 4.39 Å². The molecule has 2 aromatic rings. The highest BCUT2D eigenvalue weighted by Crippen LogP contribution is 2.26. The molecule has 19 heavy (non-hydrogen) atoms. The van der Waals surface area contributed by atoms with Crippen LogP contribution < -0.4 is 5.32 Å². The first kappa shape index (κ1) is 13.8. The van der Waals surface area contributed by atoms with Crippen LogP contribution in [-0.4, -0.2) is 11.7 Å². The maximum atomic E-state index is 13.6. The predicted molar refractivity (Wildman–Crippen MR) is 76.0 cm³/mol. The van der Waals surface area contributed by atoms with Crippen molar-refractivity contribution < 1.29 is 9.50 Å². The average Bonchev–Trinajstić information content (AvgIpc) is 2.36. The van der Waals surface area contributed by atoms with Crippen LogP contribution in [0.3, 0.4) is 0 Å². The second-order valence-electron chi connectivity index (χ2n) is 4.40. The Labute approximate surface area is 116 Å². The third-order valence-electron chi connectivity index (χ3n) is 2.85. The number of benzene rings is 2. The van der Waals surface area contributed by atoms with E-state index in [1.807, 2.05) is 31.2 Å². The summed E-state index contributed by atoms with van der Waals surface area (Å²) >= 11 is 5.90. The van der Waals surface area contributed by atoms with E-state index in [1.54, 1.807) is 6.07 Å². The Kier molecular flexibility index (Phi) is 4.40. The Bertz CT molecular complexity index is 554. The molecule has 2 aromatic carbocycles. The first-order valence-corrected chi connectivity index (χ1v) is 6.38. The third-order valence-corrected chi connectivity index (χ3v) is 3.18. The molecule has 1 unspecified atom stereocenters. The molecule has 0 heterocycles. The van der Waals surface area contributed by atoms with Gasteiger partial charge >= 0.3 is 0 Å². The number of nitrogens with one attached hydrogen (secondary N) is 1. The number of anilines is 1. The summed E-state index contributed by atoms with van der Waals surface area (Å²) in [5.41, 5.74) is 2.12. The lowest BCUT2D eigenvalue weighted by molar-refractivity contribution is 0.187. The van der Waals surface area contributed by atoms with E-state index in [0.717, 1.165) is 11.3 Å². The van der Waals surface area contributed by atoms with Crippen molar-refractivity contribution in [1.82, 2.24) is 0 Å². The van der Waals surface area contributed by atoms with E-state index in [-0.39, 0.29) is 17.1 Å². The molecule has 0 radical (unpaired) electrons. The fraction of sp³-hybridized carbons (Fsp3) is 0.200. The molecule has 0 aliphatic heterocycles. The number of aryl methyl sites for hydroxylation is 1. The maximum Gasteiger partial charge on any atom is 0.130 e. The first-order chi connectivity index (χ1) is 9.08. The van der Waals surface area contributed by atoms with Crippen molar-refractivity contribution in [2.45, 2.75) is 13.0 Å². The fourth-order valence-electron chi connectivity index (χ4n) is 1.90. The van der Waals surface area contributed by atoms with Crippen molar-refractivity contribution in [2.24, 2.45) is 0 Å². The van der Waals surface area contributed by atoms with Crippen LogP contribution in [0.4, 0.5) is 10.1 Å². The zero-order valence-electron chi connectivity index (χ0n) is 10.5. The monoisotopic (exact) mass is 279 g/mol. The predicted octanol–water partition coefficient (Wildman–Crippen LogP) is 3.93. The minimum absolute atomic E-state index is 0.129. The van der Waals surface area contributed by atoms with Gasteiger partial charge in [0.25, 0.3) is 0 Å². The Morgan fingerprint density at radius 3 is 2.68 bits per heavy atom. The van der Waals surface area contributed by atoms with Gasteiger partial charge in [0.15, 0.2) is 0 Å². The molecule has 0 saturated carbocycles. The zero-order valence-corrected chi connectivity index (χ0v) is 11.3. The number of rotatable bonds is 4. The van der Waals surface area contributed by atoms with Gasteiger partial charge in [-0.05, 0) is 36.8 Å². The van der Waals surface area contributed by atoms with Gasteiger partial charge in [0.2, 0.25) is 0 Å². The summed E-state index contributed by atoms with van der Waals surface area (Å²) in [5.74, 6) is -0.494. The molecule has 2 N–H and O–H groups in total. The van der Waals surface area contributed by atoms with Crippen molar-refractivity contribution >= 4 is 17.3 Å². The number of aliphatic hydroxyl groups excluding tert-OH is 1.